The Bertz CT molecular complexity index is 712. The smallest absolute Gasteiger partial charge is 0.293 e. The van der Waals surface area contributed by atoms with E-state index in [1.54, 1.807) is 0 Å². The summed E-state index contributed by atoms with van der Waals surface area (Å²) in [5.41, 5.74) is -0.0325. The highest BCUT2D eigenvalue weighted by Gasteiger charge is 2.33. The molecule has 2 rings (SSSR count). The number of benzene rings is 1. The van der Waals surface area contributed by atoms with E-state index in [0.717, 1.165) is 12.5 Å². The van der Waals surface area contributed by atoms with Crippen molar-refractivity contribution in [2.75, 3.05) is 31.6 Å². The van der Waals surface area contributed by atoms with Gasteiger partial charge < -0.3 is 10.4 Å². The Morgan fingerprint density at radius 3 is 2.52 bits per heavy atom. The number of nitro benzene ring substituents is 1. The Morgan fingerprint density at radius 2 is 1.96 bits per heavy atom. The average molecular weight is 371 g/mol. The molecule has 140 valence electrons. The van der Waals surface area contributed by atoms with Crippen LogP contribution in [0.2, 0.25) is 0 Å². The molecule has 1 aromatic carbocycles. The first-order chi connectivity index (χ1) is 11.8. The van der Waals surface area contributed by atoms with Crippen LogP contribution in [-0.4, -0.2) is 49.0 Å². The number of nitro groups is 1. The van der Waals surface area contributed by atoms with Crippen LogP contribution in [0.15, 0.2) is 23.1 Å². The van der Waals surface area contributed by atoms with E-state index in [0.29, 0.717) is 26.1 Å². The van der Waals surface area contributed by atoms with E-state index < -0.39 is 14.9 Å². The first-order valence-electron chi connectivity index (χ1n) is 8.39. The summed E-state index contributed by atoms with van der Waals surface area (Å²) in [6.07, 6.45) is 1.42. The van der Waals surface area contributed by atoms with Gasteiger partial charge in [0, 0.05) is 32.3 Å². The van der Waals surface area contributed by atoms with Crippen molar-refractivity contribution in [1.29, 1.82) is 0 Å². The molecule has 2 N–H and O–H groups in total. The number of nitrogens with zero attached hydrogens (tertiary/aromatic N) is 2. The number of hydrogen-bond acceptors (Lipinski definition) is 6. The summed E-state index contributed by atoms with van der Waals surface area (Å²) in [6, 6.07) is 3.92. The Morgan fingerprint density at radius 1 is 1.32 bits per heavy atom. The summed E-state index contributed by atoms with van der Waals surface area (Å²) < 4.78 is 27.2. The van der Waals surface area contributed by atoms with Gasteiger partial charge in [-0.3, -0.25) is 10.1 Å². The van der Waals surface area contributed by atoms with Crippen LogP contribution < -0.4 is 5.32 Å². The molecule has 0 unspecified atom stereocenters. The largest absolute Gasteiger partial charge is 0.396 e. The van der Waals surface area contributed by atoms with E-state index in [9.17, 15) is 18.5 Å². The van der Waals surface area contributed by atoms with Crippen LogP contribution in [0, 0.1) is 22.0 Å². The predicted octanol–water partition coefficient (Wildman–Crippen LogP) is 2.06. The fraction of sp³-hybridized carbons (Fsp3) is 0.625. The number of aliphatic hydroxyl groups is 1. The van der Waals surface area contributed by atoms with Gasteiger partial charge in [0.1, 0.15) is 5.69 Å². The topological polar surface area (TPSA) is 113 Å². The minimum atomic E-state index is -3.76. The van der Waals surface area contributed by atoms with Crippen molar-refractivity contribution in [2.45, 2.75) is 31.6 Å². The Balaban J connectivity index is 2.31. The maximum Gasteiger partial charge on any atom is 0.293 e. The van der Waals surface area contributed by atoms with Crippen molar-refractivity contribution in [3.8, 4) is 0 Å². The molecule has 1 aliphatic heterocycles. The van der Waals surface area contributed by atoms with Gasteiger partial charge in [-0.2, -0.15) is 4.31 Å². The highest BCUT2D eigenvalue weighted by atomic mass is 32.2. The molecule has 0 amide bonds. The van der Waals surface area contributed by atoms with Crippen molar-refractivity contribution < 1.29 is 18.4 Å². The molecule has 2 atom stereocenters. The molecule has 1 aromatic rings. The fourth-order valence-corrected chi connectivity index (χ4v) is 4.93. The first-order valence-corrected chi connectivity index (χ1v) is 9.83. The fourth-order valence-electron chi connectivity index (χ4n) is 3.23. The molecule has 0 radical (unpaired) electrons. The van der Waals surface area contributed by atoms with Gasteiger partial charge in [-0.1, -0.05) is 13.8 Å². The van der Waals surface area contributed by atoms with Crippen LogP contribution in [-0.2, 0) is 10.0 Å². The van der Waals surface area contributed by atoms with Crippen molar-refractivity contribution in [3.05, 3.63) is 28.3 Å². The number of nitrogens with one attached hydrogen (secondary N) is 1. The van der Waals surface area contributed by atoms with Crippen LogP contribution in [0.5, 0.6) is 0 Å². The Hall–Kier alpha value is -1.71. The van der Waals surface area contributed by atoms with Crippen LogP contribution in [0.1, 0.15) is 26.7 Å². The van der Waals surface area contributed by atoms with Gasteiger partial charge in [-0.15, -0.1) is 0 Å². The van der Waals surface area contributed by atoms with E-state index in [1.807, 2.05) is 13.8 Å². The third-order valence-electron chi connectivity index (χ3n) is 4.29. The molecule has 1 heterocycles. The van der Waals surface area contributed by atoms with Crippen molar-refractivity contribution in [3.63, 3.8) is 0 Å². The van der Waals surface area contributed by atoms with Crippen LogP contribution in [0.3, 0.4) is 0 Å². The van der Waals surface area contributed by atoms with Crippen molar-refractivity contribution in [2.24, 2.45) is 11.8 Å². The second kappa shape index (κ2) is 8.11. The molecule has 0 spiro atoms. The summed E-state index contributed by atoms with van der Waals surface area (Å²) in [5.74, 6) is 0.515. The molecule has 0 bridgehead atoms. The summed E-state index contributed by atoms with van der Waals surface area (Å²) in [5, 5.41) is 23.0. The molecule has 0 aliphatic carbocycles. The molecule has 1 saturated heterocycles. The second-order valence-corrected chi connectivity index (χ2v) is 8.65. The lowest BCUT2D eigenvalue weighted by molar-refractivity contribution is -0.384. The van der Waals surface area contributed by atoms with Gasteiger partial charge in [-0.05, 0) is 36.8 Å². The standard InChI is InChI=1S/C16H25N3O5S/c1-12-8-13(2)11-18(10-12)25(23,24)14-4-5-15(17-6-3-7-20)16(9-14)19(21)22/h4-5,9,12-13,17,20H,3,6-8,10-11H2,1-2H3/t12-,13-/m0/s1. The van der Waals surface area contributed by atoms with Gasteiger partial charge in [0.05, 0.1) is 9.82 Å². The van der Waals surface area contributed by atoms with E-state index >= 15 is 0 Å². The van der Waals surface area contributed by atoms with E-state index in [1.165, 1.54) is 16.4 Å². The zero-order valence-corrected chi connectivity index (χ0v) is 15.3. The molecule has 25 heavy (non-hydrogen) atoms. The number of sulfonamides is 1. The predicted molar refractivity (Wildman–Crippen MR) is 95.0 cm³/mol. The zero-order chi connectivity index (χ0) is 18.6. The van der Waals surface area contributed by atoms with Gasteiger partial charge in [0.25, 0.3) is 5.69 Å². The molecule has 1 fully saturated rings. The number of rotatable bonds is 7. The van der Waals surface area contributed by atoms with E-state index in [4.69, 9.17) is 5.11 Å². The average Bonchev–Trinajstić information content (AvgIpc) is 2.54. The molecular weight excluding hydrogens is 346 g/mol. The number of aliphatic hydroxyl groups excluding tert-OH is 1. The summed E-state index contributed by atoms with van der Waals surface area (Å²) in [7, 11) is -3.76. The van der Waals surface area contributed by atoms with Crippen LogP contribution in [0.25, 0.3) is 0 Å². The molecule has 0 aromatic heterocycles. The van der Waals surface area contributed by atoms with Crippen molar-refractivity contribution in [1.82, 2.24) is 4.31 Å². The lowest BCUT2D eigenvalue weighted by atomic mass is 9.94. The summed E-state index contributed by atoms with van der Waals surface area (Å²) >= 11 is 0. The lowest BCUT2D eigenvalue weighted by Gasteiger charge is -2.34. The molecule has 9 heteroatoms. The SMILES string of the molecule is C[C@H]1C[C@H](C)CN(S(=O)(=O)c2ccc(NCCCO)c([N+](=O)[O-])c2)C1. The second-order valence-electron chi connectivity index (χ2n) is 6.71. The van der Waals surface area contributed by atoms with E-state index in [2.05, 4.69) is 5.32 Å². The molecular formula is C16H25N3O5S. The minimum absolute atomic E-state index is 0.0292. The van der Waals surface area contributed by atoms with Crippen LogP contribution in [0.4, 0.5) is 11.4 Å². The minimum Gasteiger partial charge on any atom is -0.396 e. The molecule has 0 saturated carbocycles. The summed E-state index contributed by atoms with van der Waals surface area (Å²) in [6.45, 7) is 5.21. The quantitative estimate of drug-likeness (QED) is 0.431. The maximum absolute atomic E-state index is 12.9. The maximum atomic E-state index is 12.9. The monoisotopic (exact) mass is 371 g/mol. The number of anilines is 1. The van der Waals surface area contributed by atoms with E-state index in [-0.39, 0.29) is 34.7 Å². The van der Waals surface area contributed by atoms with Crippen LogP contribution >= 0.6 is 0 Å². The highest BCUT2D eigenvalue weighted by molar-refractivity contribution is 7.89. The molecule has 1 aliphatic rings. The zero-order valence-electron chi connectivity index (χ0n) is 14.5. The Kier molecular flexibility index (Phi) is 6.36. The third kappa shape index (κ3) is 4.68. The molecule has 8 nitrogen and oxygen atoms in total. The van der Waals surface area contributed by atoms with Gasteiger partial charge in [-0.25, -0.2) is 8.42 Å². The Labute approximate surface area is 148 Å². The van der Waals surface area contributed by atoms with Gasteiger partial charge in [0.2, 0.25) is 10.0 Å². The van der Waals surface area contributed by atoms with Crippen molar-refractivity contribution >= 4 is 21.4 Å². The summed E-state index contributed by atoms with van der Waals surface area (Å²) in [4.78, 5) is 10.7. The number of piperidine rings is 1. The highest BCUT2D eigenvalue weighted by Crippen LogP contribution is 2.31. The first kappa shape index (κ1) is 19.6. The third-order valence-corrected chi connectivity index (χ3v) is 6.12. The number of hydrogen-bond donors (Lipinski definition) is 2. The normalized spacial score (nSPS) is 21.9. The lowest BCUT2D eigenvalue weighted by Crippen LogP contribution is -2.42. The van der Waals surface area contributed by atoms with Gasteiger partial charge >= 0.3 is 0 Å². The van der Waals surface area contributed by atoms with Gasteiger partial charge in [0.15, 0.2) is 0 Å².